The van der Waals surface area contributed by atoms with Gasteiger partial charge in [0.1, 0.15) is 0 Å². The molecule has 0 spiro atoms. The molecule has 0 unspecified atom stereocenters. The molecule has 1 saturated carbocycles. The number of hydrogen-bond donors (Lipinski definition) is 0. The molecule has 1 aliphatic rings. The molecule has 0 radical (unpaired) electrons. The van der Waals surface area contributed by atoms with Crippen LogP contribution in [0.1, 0.15) is 30.1 Å². The highest BCUT2D eigenvalue weighted by atomic mass is 19.1. The van der Waals surface area contributed by atoms with Crippen LogP contribution in [0.3, 0.4) is 0 Å². The number of anilines is 1. The molecule has 0 saturated heterocycles. The van der Waals surface area contributed by atoms with Gasteiger partial charge in [-0.05, 0) is 50.0 Å². The van der Waals surface area contributed by atoms with Crippen LogP contribution in [-0.2, 0) is 9.53 Å². The van der Waals surface area contributed by atoms with Crippen molar-refractivity contribution in [3.63, 3.8) is 0 Å². The molecule has 1 fully saturated rings. The van der Waals surface area contributed by atoms with Crippen molar-refractivity contribution in [2.24, 2.45) is 5.92 Å². The Morgan fingerprint density at radius 2 is 2.11 bits per heavy atom. The molecule has 0 aliphatic heterocycles. The van der Waals surface area contributed by atoms with Crippen LogP contribution in [0.2, 0.25) is 0 Å². The molecule has 5 nitrogen and oxygen atoms in total. The normalized spacial score (nSPS) is 13.9. The molecule has 0 bridgehead atoms. The maximum Gasteiger partial charge on any atom is 0.340 e. The van der Waals surface area contributed by atoms with Crippen molar-refractivity contribution < 1.29 is 18.7 Å². The summed E-state index contributed by atoms with van der Waals surface area (Å²) in [5, 5.41) is 8.81. The molecule has 27 heavy (non-hydrogen) atoms. The summed E-state index contributed by atoms with van der Waals surface area (Å²) < 4.78 is 19.5. The van der Waals surface area contributed by atoms with Crippen LogP contribution in [0.25, 0.3) is 0 Å². The number of rotatable bonds is 7. The summed E-state index contributed by atoms with van der Waals surface area (Å²) in [6.07, 6.45) is 6.44. The number of halogens is 1. The largest absolute Gasteiger partial charge is 0.465 e. The van der Waals surface area contributed by atoms with Gasteiger partial charge in [0.25, 0.3) is 5.91 Å². The van der Waals surface area contributed by atoms with E-state index >= 15 is 0 Å². The van der Waals surface area contributed by atoms with Crippen molar-refractivity contribution in [3.05, 3.63) is 65.5 Å². The molecular weight excluding hydrogens is 347 g/mol. The smallest absolute Gasteiger partial charge is 0.340 e. The van der Waals surface area contributed by atoms with E-state index in [1.807, 2.05) is 6.07 Å². The molecule has 6 heteroatoms. The quantitative estimate of drug-likeness (QED) is 0.316. The zero-order valence-corrected chi connectivity index (χ0v) is 15.4. The number of allylic oxidation sites excluding steroid dienone is 3. The van der Waals surface area contributed by atoms with Crippen molar-refractivity contribution in [1.82, 2.24) is 0 Å². The van der Waals surface area contributed by atoms with Crippen LogP contribution in [-0.4, -0.2) is 25.5 Å². The standard InChI is InChI=1S/C21H21FN2O3/c1-4-16(11-8-14(2)12-23)20(25)24(13-15-9-10-15)18-7-5-6-17(19(18)22)21(26)27-3/h4-8,11,15H,2,9-10,13H2,1,3H3/b11-8-,16-4+. The highest BCUT2D eigenvalue weighted by molar-refractivity contribution is 6.08. The van der Waals surface area contributed by atoms with Crippen LogP contribution in [0.4, 0.5) is 10.1 Å². The third-order valence-electron chi connectivity index (χ3n) is 4.22. The van der Waals surface area contributed by atoms with Crippen LogP contribution < -0.4 is 4.90 Å². The lowest BCUT2D eigenvalue weighted by atomic mass is 10.1. The van der Waals surface area contributed by atoms with E-state index in [-0.39, 0.29) is 16.8 Å². The van der Waals surface area contributed by atoms with E-state index in [0.29, 0.717) is 18.0 Å². The minimum atomic E-state index is -0.801. The second-order valence-electron chi connectivity index (χ2n) is 6.20. The van der Waals surface area contributed by atoms with Gasteiger partial charge in [-0.15, -0.1) is 0 Å². The van der Waals surface area contributed by atoms with Gasteiger partial charge in [0, 0.05) is 17.7 Å². The van der Waals surface area contributed by atoms with Crippen molar-refractivity contribution in [1.29, 1.82) is 5.26 Å². The van der Waals surface area contributed by atoms with E-state index in [4.69, 9.17) is 5.26 Å². The van der Waals surface area contributed by atoms with Gasteiger partial charge in [0.15, 0.2) is 5.82 Å². The first-order valence-corrected chi connectivity index (χ1v) is 8.55. The monoisotopic (exact) mass is 368 g/mol. The average Bonchev–Trinajstić information content (AvgIpc) is 3.50. The summed E-state index contributed by atoms with van der Waals surface area (Å²) in [5.41, 5.74) is 0.311. The van der Waals surface area contributed by atoms with Crippen molar-refractivity contribution >= 4 is 17.6 Å². The maximum absolute atomic E-state index is 14.9. The Kier molecular flexibility index (Phi) is 6.67. The van der Waals surface area contributed by atoms with Gasteiger partial charge in [-0.3, -0.25) is 4.79 Å². The Morgan fingerprint density at radius 1 is 1.41 bits per heavy atom. The number of amides is 1. The fourth-order valence-electron chi connectivity index (χ4n) is 2.52. The number of ether oxygens (including phenoxy) is 1. The Morgan fingerprint density at radius 3 is 2.67 bits per heavy atom. The Hall–Kier alpha value is -3.20. The fraction of sp³-hybridized carbons (Fsp3) is 0.286. The highest BCUT2D eigenvalue weighted by Gasteiger charge is 2.31. The average molecular weight is 368 g/mol. The first-order chi connectivity index (χ1) is 12.9. The number of nitriles is 1. The van der Waals surface area contributed by atoms with Crippen LogP contribution in [0, 0.1) is 23.1 Å². The van der Waals surface area contributed by atoms with E-state index in [2.05, 4.69) is 11.3 Å². The van der Waals surface area contributed by atoms with Crippen molar-refractivity contribution in [2.75, 3.05) is 18.6 Å². The Balaban J connectivity index is 2.42. The lowest BCUT2D eigenvalue weighted by Gasteiger charge is -2.24. The van der Waals surface area contributed by atoms with E-state index in [1.54, 1.807) is 13.0 Å². The molecule has 0 heterocycles. The van der Waals surface area contributed by atoms with Gasteiger partial charge in [-0.1, -0.05) is 18.7 Å². The minimum Gasteiger partial charge on any atom is -0.465 e. The van der Waals surface area contributed by atoms with Crippen molar-refractivity contribution in [3.8, 4) is 6.07 Å². The summed E-state index contributed by atoms with van der Waals surface area (Å²) in [6.45, 7) is 5.58. The van der Waals surface area contributed by atoms with E-state index in [0.717, 1.165) is 12.8 Å². The second-order valence-corrected chi connectivity index (χ2v) is 6.20. The lowest BCUT2D eigenvalue weighted by Crippen LogP contribution is -2.34. The van der Waals surface area contributed by atoms with Crippen LogP contribution in [0.15, 0.2) is 54.2 Å². The number of nitrogens with zero attached hydrogens (tertiary/aromatic N) is 2. The first kappa shape index (κ1) is 20.1. The SMILES string of the molecule is C=C(C#N)/C=C\C(=C/C)C(=O)N(CC1CC1)c1cccc(C(=O)OC)c1F. The van der Waals surface area contributed by atoms with Gasteiger partial charge >= 0.3 is 5.97 Å². The zero-order valence-electron chi connectivity index (χ0n) is 15.4. The molecule has 140 valence electrons. The van der Waals surface area contributed by atoms with Crippen molar-refractivity contribution in [2.45, 2.75) is 19.8 Å². The van der Waals surface area contributed by atoms with Crippen LogP contribution in [0.5, 0.6) is 0 Å². The molecule has 1 amide bonds. The van der Waals surface area contributed by atoms with Gasteiger partial charge in [-0.25, -0.2) is 9.18 Å². The number of methoxy groups -OCH3 is 1. The number of carbonyl (C=O) groups is 2. The Bertz CT molecular complexity index is 861. The summed E-state index contributed by atoms with van der Waals surface area (Å²) in [7, 11) is 1.17. The first-order valence-electron chi connectivity index (χ1n) is 8.55. The minimum absolute atomic E-state index is 0.0293. The third kappa shape index (κ3) is 4.91. The summed E-state index contributed by atoms with van der Waals surface area (Å²) in [4.78, 5) is 26.2. The lowest BCUT2D eigenvalue weighted by molar-refractivity contribution is -0.115. The molecule has 1 aromatic carbocycles. The predicted molar refractivity (Wildman–Crippen MR) is 100 cm³/mol. The zero-order chi connectivity index (χ0) is 20.0. The molecule has 2 rings (SSSR count). The van der Waals surface area contributed by atoms with Gasteiger partial charge in [-0.2, -0.15) is 5.26 Å². The van der Waals surface area contributed by atoms with Crippen LogP contribution >= 0.6 is 0 Å². The Labute approximate surface area is 158 Å². The summed E-state index contributed by atoms with van der Waals surface area (Å²) >= 11 is 0. The summed E-state index contributed by atoms with van der Waals surface area (Å²) in [6, 6.07) is 6.17. The highest BCUT2D eigenvalue weighted by Crippen LogP contribution is 2.33. The van der Waals surface area contributed by atoms with Gasteiger partial charge in [0.05, 0.1) is 24.4 Å². The number of esters is 1. The molecule has 1 aliphatic carbocycles. The van der Waals surface area contributed by atoms with Gasteiger partial charge < -0.3 is 9.64 Å². The van der Waals surface area contributed by atoms with E-state index in [9.17, 15) is 14.0 Å². The fourth-order valence-corrected chi connectivity index (χ4v) is 2.52. The molecule has 0 aromatic heterocycles. The topological polar surface area (TPSA) is 70.4 Å². The summed E-state index contributed by atoms with van der Waals surface area (Å²) in [5.74, 6) is -1.71. The van der Waals surface area contributed by atoms with E-state index < -0.39 is 17.7 Å². The third-order valence-corrected chi connectivity index (χ3v) is 4.22. The predicted octanol–water partition coefficient (Wildman–Crippen LogP) is 3.94. The number of carbonyl (C=O) groups excluding carboxylic acids is 2. The number of benzene rings is 1. The van der Waals surface area contributed by atoms with E-state index in [1.165, 1.54) is 42.4 Å². The maximum atomic E-state index is 14.9. The van der Waals surface area contributed by atoms with Gasteiger partial charge in [0.2, 0.25) is 0 Å². The number of hydrogen-bond acceptors (Lipinski definition) is 4. The molecule has 0 N–H and O–H groups in total. The molecular formula is C21H21FN2O3. The second kappa shape index (κ2) is 8.95. The molecule has 0 atom stereocenters. The molecule has 1 aromatic rings.